The molecule has 0 saturated heterocycles. The standard InChI is InChI=1S/C11H15NO2S2/c13-12(14)10-4-6-11(7-5-10)16-9-3-1-2-8-15/h4-7,15H,1-3,8-9H2. The van der Waals surface area contributed by atoms with E-state index in [-0.39, 0.29) is 10.6 Å². The van der Waals surface area contributed by atoms with Crippen LogP contribution in [0.2, 0.25) is 0 Å². The van der Waals surface area contributed by atoms with Crippen LogP contribution in [0.4, 0.5) is 5.69 Å². The van der Waals surface area contributed by atoms with E-state index in [0.717, 1.165) is 22.8 Å². The number of nitro benzene ring substituents is 1. The van der Waals surface area contributed by atoms with Gasteiger partial charge in [0.05, 0.1) is 4.92 Å². The zero-order chi connectivity index (χ0) is 11.8. The highest BCUT2D eigenvalue weighted by atomic mass is 32.2. The van der Waals surface area contributed by atoms with E-state index in [0.29, 0.717) is 0 Å². The Morgan fingerprint density at radius 1 is 1.19 bits per heavy atom. The molecule has 0 bridgehead atoms. The Bertz CT molecular complexity index is 327. The Hall–Kier alpha value is -0.680. The molecular formula is C11H15NO2S2. The number of rotatable bonds is 7. The molecule has 0 unspecified atom stereocenters. The molecule has 0 spiro atoms. The zero-order valence-corrected chi connectivity index (χ0v) is 10.7. The predicted molar refractivity (Wildman–Crippen MR) is 71.5 cm³/mol. The van der Waals surface area contributed by atoms with Crippen LogP contribution in [0, 0.1) is 10.1 Å². The number of nitro groups is 1. The van der Waals surface area contributed by atoms with Crippen LogP contribution in [0.5, 0.6) is 0 Å². The van der Waals surface area contributed by atoms with Crippen molar-refractivity contribution < 1.29 is 4.92 Å². The Kier molecular flexibility index (Phi) is 6.33. The van der Waals surface area contributed by atoms with Crippen molar-refractivity contribution in [3.05, 3.63) is 34.4 Å². The molecule has 0 aliphatic heterocycles. The number of thiol groups is 1. The molecule has 0 amide bonds. The van der Waals surface area contributed by atoms with Crippen molar-refractivity contribution in [1.29, 1.82) is 0 Å². The number of benzene rings is 1. The lowest BCUT2D eigenvalue weighted by atomic mass is 10.3. The molecule has 0 aliphatic carbocycles. The summed E-state index contributed by atoms with van der Waals surface area (Å²) >= 11 is 5.90. The third-order valence-corrected chi connectivity index (χ3v) is 3.53. The van der Waals surface area contributed by atoms with Gasteiger partial charge in [0, 0.05) is 17.0 Å². The number of hydrogen-bond donors (Lipinski definition) is 1. The topological polar surface area (TPSA) is 43.1 Å². The zero-order valence-electron chi connectivity index (χ0n) is 8.96. The van der Waals surface area contributed by atoms with Gasteiger partial charge in [0.2, 0.25) is 0 Å². The molecule has 3 nitrogen and oxygen atoms in total. The largest absolute Gasteiger partial charge is 0.269 e. The fourth-order valence-corrected chi connectivity index (χ4v) is 2.38. The average Bonchev–Trinajstić information content (AvgIpc) is 2.29. The molecule has 1 rings (SSSR count). The van der Waals surface area contributed by atoms with Gasteiger partial charge >= 0.3 is 0 Å². The van der Waals surface area contributed by atoms with E-state index >= 15 is 0 Å². The third-order valence-electron chi connectivity index (χ3n) is 2.12. The second kappa shape index (κ2) is 7.57. The molecule has 1 aromatic rings. The van der Waals surface area contributed by atoms with Crippen molar-refractivity contribution in [2.45, 2.75) is 24.2 Å². The van der Waals surface area contributed by atoms with Gasteiger partial charge in [0.1, 0.15) is 0 Å². The Morgan fingerprint density at radius 2 is 1.88 bits per heavy atom. The van der Waals surface area contributed by atoms with Crippen molar-refractivity contribution in [3.8, 4) is 0 Å². The van der Waals surface area contributed by atoms with Crippen LogP contribution >= 0.6 is 24.4 Å². The minimum absolute atomic E-state index is 0.152. The smallest absolute Gasteiger partial charge is 0.258 e. The predicted octanol–water partition coefficient (Wildman–Crippen LogP) is 3.79. The molecule has 0 aliphatic rings. The summed E-state index contributed by atoms with van der Waals surface area (Å²) in [6.45, 7) is 0. The van der Waals surface area contributed by atoms with E-state index < -0.39 is 0 Å². The molecule has 0 aromatic heterocycles. The lowest BCUT2D eigenvalue weighted by molar-refractivity contribution is -0.384. The van der Waals surface area contributed by atoms with Crippen molar-refractivity contribution in [2.75, 3.05) is 11.5 Å². The molecule has 0 radical (unpaired) electrons. The van der Waals surface area contributed by atoms with Crippen LogP contribution in [-0.4, -0.2) is 16.4 Å². The molecule has 0 atom stereocenters. The van der Waals surface area contributed by atoms with Crippen LogP contribution in [0.15, 0.2) is 29.2 Å². The van der Waals surface area contributed by atoms with E-state index in [2.05, 4.69) is 12.6 Å². The van der Waals surface area contributed by atoms with Crippen LogP contribution < -0.4 is 0 Å². The second-order valence-corrected chi connectivity index (χ2v) is 5.00. The van der Waals surface area contributed by atoms with Crippen LogP contribution in [0.1, 0.15) is 19.3 Å². The highest BCUT2D eigenvalue weighted by Gasteiger charge is 2.03. The van der Waals surface area contributed by atoms with Gasteiger partial charge in [0.25, 0.3) is 5.69 Å². The van der Waals surface area contributed by atoms with Gasteiger partial charge in [-0.2, -0.15) is 12.6 Å². The molecule has 0 N–H and O–H groups in total. The number of unbranched alkanes of at least 4 members (excludes halogenated alkanes) is 2. The summed E-state index contributed by atoms with van der Waals surface area (Å²) < 4.78 is 0. The van der Waals surface area contributed by atoms with Gasteiger partial charge in [-0.25, -0.2) is 0 Å². The first-order valence-corrected chi connectivity index (χ1v) is 6.84. The van der Waals surface area contributed by atoms with E-state index in [9.17, 15) is 10.1 Å². The SMILES string of the molecule is O=[N+]([O-])c1ccc(SCCCCCS)cc1. The molecule has 0 saturated carbocycles. The van der Waals surface area contributed by atoms with Crippen LogP contribution in [0.3, 0.4) is 0 Å². The summed E-state index contributed by atoms with van der Waals surface area (Å²) in [6, 6.07) is 6.72. The van der Waals surface area contributed by atoms with Crippen LogP contribution in [-0.2, 0) is 0 Å². The third kappa shape index (κ3) is 4.90. The number of nitrogens with zero attached hydrogens (tertiary/aromatic N) is 1. The van der Waals surface area contributed by atoms with Crippen molar-refractivity contribution in [1.82, 2.24) is 0 Å². The molecule has 5 heteroatoms. The average molecular weight is 257 g/mol. The summed E-state index contributed by atoms with van der Waals surface area (Å²) in [5, 5.41) is 10.4. The van der Waals surface area contributed by atoms with Gasteiger partial charge in [-0.15, -0.1) is 11.8 Å². The summed E-state index contributed by atoms with van der Waals surface area (Å²) in [6.07, 6.45) is 3.52. The summed E-state index contributed by atoms with van der Waals surface area (Å²) in [7, 11) is 0. The molecule has 0 fully saturated rings. The van der Waals surface area contributed by atoms with Crippen molar-refractivity contribution in [2.24, 2.45) is 0 Å². The summed E-state index contributed by atoms with van der Waals surface area (Å²) in [5.41, 5.74) is 0.152. The minimum Gasteiger partial charge on any atom is -0.258 e. The van der Waals surface area contributed by atoms with E-state index in [1.807, 2.05) is 0 Å². The summed E-state index contributed by atoms with van der Waals surface area (Å²) in [4.78, 5) is 11.2. The maximum absolute atomic E-state index is 10.4. The van der Waals surface area contributed by atoms with Gasteiger partial charge < -0.3 is 0 Å². The number of thioether (sulfide) groups is 1. The Morgan fingerprint density at radius 3 is 2.44 bits per heavy atom. The van der Waals surface area contributed by atoms with Gasteiger partial charge in [-0.1, -0.05) is 6.42 Å². The van der Waals surface area contributed by atoms with Crippen molar-refractivity contribution in [3.63, 3.8) is 0 Å². The van der Waals surface area contributed by atoms with E-state index in [4.69, 9.17) is 0 Å². The first-order chi connectivity index (χ1) is 7.74. The lowest BCUT2D eigenvalue weighted by Crippen LogP contribution is -1.87. The van der Waals surface area contributed by atoms with Gasteiger partial charge in [-0.3, -0.25) is 10.1 Å². The maximum atomic E-state index is 10.4. The highest BCUT2D eigenvalue weighted by molar-refractivity contribution is 7.99. The number of hydrogen-bond acceptors (Lipinski definition) is 4. The summed E-state index contributed by atoms with van der Waals surface area (Å²) in [5.74, 6) is 2.01. The quantitative estimate of drug-likeness (QED) is 0.266. The molecule has 16 heavy (non-hydrogen) atoms. The molecule has 88 valence electrons. The van der Waals surface area contributed by atoms with Gasteiger partial charge in [-0.05, 0) is 36.5 Å². The van der Waals surface area contributed by atoms with Crippen molar-refractivity contribution >= 4 is 30.1 Å². The van der Waals surface area contributed by atoms with E-state index in [1.165, 1.54) is 12.8 Å². The normalized spacial score (nSPS) is 10.3. The molecule has 1 aromatic carbocycles. The first-order valence-electron chi connectivity index (χ1n) is 5.22. The first kappa shape index (κ1) is 13.4. The van der Waals surface area contributed by atoms with Gasteiger partial charge in [0.15, 0.2) is 0 Å². The van der Waals surface area contributed by atoms with E-state index in [1.54, 1.807) is 36.0 Å². The second-order valence-electron chi connectivity index (χ2n) is 3.38. The maximum Gasteiger partial charge on any atom is 0.269 e. The van der Waals surface area contributed by atoms with Crippen LogP contribution in [0.25, 0.3) is 0 Å². The Balaban J connectivity index is 2.29. The minimum atomic E-state index is -0.374. The molecular weight excluding hydrogens is 242 g/mol. The fraction of sp³-hybridized carbons (Fsp3) is 0.455. The fourth-order valence-electron chi connectivity index (χ4n) is 1.24. The monoisotopic (exact) mass is 257 g/mol. The highest BCUT2D eigenvalue weighted by Crippen LogP contribution is 2.22. The lowest BCUT2D eigenvalue weighted by Gasteiger charge is -2.00. The molecule has 0 heterocycles. The number of non-ortho nitro benzene ring substituents is 1. The Labute approximate surface area is 105 Å².